The summed E-state index contributed by atoms with van der Waals surface area (Å²) in [5, 5.41) is 12.6. The normalized spacial score (nSPS) is 11.5. The van der Waals surface area contributed by atoms with Gasteiger partial charge >= 0.3 is 0 Å². The van der Waals surface area contributed by atoms with E-state index < -0.39 is 0 Å². The van der Waals surface area contributed by atoms with Crippen molar-refractivity contribution >= 4 is 23.4 Å². The van der Waals surface area contributed by atoms with Crippen molar-refractivity contribution in [2.24, 2.45) is 0 Å². The van der Waals surface area contributed by atoms with Crippen molar-refractivity contribution in [2.75, 3.05) is 11.9 Å². The molecule has 1 atom stereocenters. The Hall–Kier alpha value is -2.52. The predicted octanol–water partition coefficient (Wildman–Crippen LogP) is 5.20. The molecule has 2 rings (SSSR count). The Kier molecular flexibility index (Phi) is 8.83. The summed E-state index contributed by atoms with van der Waals surface area (Å²) in [6.07, 6.45) is 3.66. The number of nitrogens with zero attached hydrogens (tertiary/aromatic N) is 2. The van der Waals surface area contributed by atoms with E-state index in [9.17, 15) is 10.1 Å². The Morgan fingerprint density at radius 2 is 1.96 bits per heavy atom. The molecule has 1 heterocycles. The van der Waals surface area contributed by atoms with E-state index in [0.29, 0.717) is 23.6 Å². The standard InChI is InChI=1S/C22H27N3O2S/c1-4-7-8-17-10-9-16(15-23)22(25-17)28-20(5-2)21(26)24-18-11-13-19(14-12-18)27-6-3/h9-14,20H,4-8H2,1-3H3,(H,24,26). The number of nitrogens with one attached hydrogen (secondary N) is 1. The third-order valence-electron chi connectivity index (χ3n) is 4.17. The number of ether oxygens (including phenoxy) is 1. The summed E-state index contributed by atoms with van der Waals surface area (Å²) >= 11 is 1.36. The van der Waals surface area contributed by atoms with E-state index in [1.54, 1.807) is 6.07 Å². The number of rotatable bonds is 10. The van der Waals surface area contributed by atoms with E-state index in [2.05, 4.69) is 23.3 Å². The molecule has 0 saturated carbocycles. The molecule has 0 saturated heterocycles. The lowest BCUT2D eigenvalue weighted by Crippen LogP contribution is -2.24. The molecular formula is C22H27N3O2S. The smallest absolute Gasteiger partial charge is 0.237 e. The number of aromatic nitrogens is 1. The van der Waals surface area contributed by atoms with E-state index in [0.717, 1.165) is 36.4 Å². The van der Waals surface area contributed by atoms with Crippen molar-refractivity contribution in [1.29, 1.82) is 5.26 Å². The van der Waals surface area contributed by atoms with E-state index >= 15 is 0 Å². The van der Waals surface area contributed by atoms with E-state index in [1.165, 1.54) is 11.8 Å². The quantitative estimate of drug-likeness (QED) is 0.557. The summed E-state index contributed by atoms with van der Waals surface area (Å²) < 4.78 is 5.42. The molecule has 0 fully saturated rings. The second-order valence-corrected chi connectivity index (χ2v) is 7.52. The van der Waals surface area contributed by atoms with Gasteiger partial charge in [-0.25, -0.2) is 4.98 Å². The van der Waals surface area contributed by atoms with Crippen LogP contribution in [-0.4, -0.2) is 22.7 Å². The maximum atomic E-state index is 12.7. The topological polar surface area (TPSA) is 75.0 Å². The molecule has 0 spiro atoms. The molecule has 0 aliphatic rings. The van der Waals surface area contributed by atoms with Crippen molar-refractivity contribution in [3.05, 3.63) is 47.7 Å². The highest BCUT2D eigenvalue weighted by molar-refractivity contribution is 8.00. The number of hydrogen-bond acceptors (Lipinski definition) is 5. The van der Waals surface area contributed by atoms with Gasteiger partial charge in [0.25, 0.3) is 0 Å². The highest BCUT2D eigenvalue weighted by Gasteiger charge is 2.21. The minimum absolute atomic E-state index is 0.0960. The molecule has 1 unspecified atom stereocenters. The molecule has 28 heavy (non-hydrogen) atoms. The van der Waals surface area contributed by atoms with Gasteiger partial charge in [-0.15, -0.1) is 0 Å². The average Bonchev–Trinajstić information content (AvgIpc) is 2.72. The van der Waals surface area contributed by atoms with Crippen LogP contribution >= 0.6 is 11.8 Å². The van der Waals surface area contributed by atoms with Crippen LogP contribution in [0.25, 0.3) is 0 Å². The van der Waals surface area contributed by atoms with Crippen molar-refractivity contribution in [2.45, 2.75) is 56.7 Å². The Bertz CT molecular complexity index is 816. The number of hydrogen-bond donors (Lipinski definition) is 1. The fourth-order valence-corrected chi connectivity index (χ4v) is 3.64. The largest absolute Gasteiger partial charge is 0.494 e. The average molecular weight is 398 g/mol. The maximum Gasteiger partial charge on any atom is 0.237 e. The number of carbonyl (C=O) groups is 1. The molecule has 1 N–H and O–H groups in total. The first kappa shape index (κ1) is 21.8. The Labute approximate surface area is 171 Å². The Morgan fingerprint density at radius 1 is 1.21 bits per heavy atom. The predicted molar refractivity (Wildman–Crippen MR) is 114 cm³/mol. The number of pyridine rings is 1. The van der Waals surface area contributed by atoms with E-state index in [-0.39, 0.29) is 11.2 Å². The van der Waals surface area contributed by atoms with Gasteiger partial charge in [-0.05, 0) is 62.6 Å². The van der Waals surface area contributed by atoms with Crippen LogP contribution in [0.5, 0.6) is 5.75 Å². The fraction of sp³-hybridized carbons (Fsp3) is 0.409. The van der Waals surface area contributed by atoms with Gasteiger partial charge in [-0.2, -0.15) is 5.26 Å². The number of nitriles is 1. The lowest BCUT2D eigenvalue weighted by Gasteiger charge is -2.16. The zero-order valence-electron chi connectivity index (χ0n) is 16.7. The van der Waals surface area contributed by atoms with E-state index in [4.69, 9.17) is 4.74 Å². The first-order valence-corrected chi connectivity index (χ1v) is 10.6. The van der Waals surface area contributed by atoms with Crippen LogP contribution in [0, 0.1) is 11.3 Å². The van der Waals surface area contributed by atoms with Crippen LogP contribution in [0.4, 0.5) is 5.69 Å². The van der Waals surface area contributed by atoms with Gasteiger partial charge in [0.15, 0.2) is 0 Å². The Balaban J connectivity index is 2.10. The second kappa shape index (κ2) is 11.4. The first-order valence-electron chi connectivity index (χ1n) is 9.71. The number of aryl methyl sites for hydroxylation is 1. The van der Waals surface area contributed by atoms with Crippen LogP contribution in [0.3, 0.4) is 0 Å². The lowest BCUT2D eigenvalue weighted by atomic mass is 10.2. The molecular weight excluding hydrogens is 370 g/mol. The van der Waals surface area contributed by atoms with Gasteiger partial charge in [0.2, 0.25) is 5.91 Å². The number of benzene rings is 1. The van der Waals surface area contributed by atoms with Gasteiger partial charge < -0.3 is 10.1 Å². The highest BCUT2D eigenvalue weighted by atomic mass is 32.2. The first-order chi connectivity index (χ1) is 13.6. The molecule has 2 aromatic rings. The van der Waals surface area contributed by atoms with E-state index in [1.807, 2.05) is 44.2 Å². The van der Waals surface area contributed by atoms with Crippen LogP contribution in [0.15, 0.2) is 41.4 Å². The minimum atomic E-state index is -0.326. The number of unbranched alkanes of at least 4 members (excludes halogenated alkanes) is 1. The van der Waals surface area contributed by atoms with Crippen molar-refractivity contribution in [1.82, 2.24) is 4.98 Å². The van der Waals surface area contributed by atoms with Gasteiger partial charge in [0.1, 0.15) is 16.8 Å². The third kappa shape index (κ3) is 6.28. The molecule has 1 aromatic carbocycles. The SMILES string of the molecule is CCCCc1ccc(C#N)c(SC(CC)C(=O)Nc2ccc(OCC)cc2)n1. The molecule has 5 nitrogen and oxygen atoms in total. The van der Waals surface area contributed by atoms with Gasteiger partial charge in [0, 0.05) is 11.4 Å². The molecule has 1 amide bonds. The summed E-state index contributed by atoms with van der Waals surface area (Å²) in [5.41, 5.74) is 2.19. The van der Waals surface area contributed by atoms with Gasteiger partial charge in [-0.3, -0.25) is 4.79 Å². The molecule has 1 aromatic heterocycles. The van der Waals surface area contributed by atoms with Gasteiger partial charge in [0.05, 0.1) is 17.4 Å². The maximum absolute atomic E-state index is 12.7. The molecule has 0 aliphatic heterocycles. The molecule has 0 radical (unpaired) electrons. The van der Waals surface area contributed by atoms with Crippen LogP contribution in [0.1, 0.15) is 51.3 Å². The monoisotopic (exact) mass is 397 g/mol. The summed E-state index contributed by atoms with van der Waals surface area (Å²) in [6.45, 7) is 6.63. The van der Waals surface area contributed by atoms with Crippen molar-refractivity contribution in [3.63, 3.8) is 0 Å². The summed E-state index contributed by atoms with van der Waals surface area (Å²) in [5.74, 6) is 0.676. The number of carbonyl (C=O) groups excluding carboxylic acids is 1. The summed E-state index contributed by atoms with van der Waals surface area (Å²) in [4.78, 5) is 17.4. The molecule has 0 aliphatic carbocycles. The number of anilines is 1. The van der Waals surface area contributed by atoms with Crippen molar-refractivity contribution in [3.8, 4) is 11.8 Å². The fourth-order valence-electron chi connectivity index (χ4n) is 2.63. The van der Waals surface area contributed by atoms with Gasteiger partial charge in [-0.1, -0.05) is 32.0 Å². The van der Waals surface area contributed by atoms with Crippen LogP contribution in [-0.2, 0) is 11.2 Å². The second-order valence-electron chi connectivity index (χ2n) is 6.33. The minimum Gasteiger partial charge on any atom is -0.494 e. The zero-order chi connectivity index (χ0) is 20.4. The van der Waals surface area contributed by atoms with Crippen LogP contribution in [0.2, 0.25) is 0 Å². The lowest BCUT2D eigenvalue weighted by molar-refractivity contribution is -0.115. The highest BCUT2D eigenvalue weighted by Crippen LogP contribution is 2.28. The number of thioether (sulfide) groups is 1. The van der Waals surface area contributed by atoms with Crippen molar-refractivity contribution < 1.29 is 9.53 Å². The summed E-state index contributed by atoms with van der Waals surface area (Å²) in [7, 11) is 0. The molecule has 6 heteroatoms. The third-order valence-corrected chi connectivity index (χ3v) is 5.54. The number of amides is 1. The Morgan fingerprint density at radius 3 is 2.57 bits per heavy atom. The zero-order valence-corrected chi connectivity index (χ0v) is 17.5. The van der Waals surface area contributed by atoms with Crippen LogP contribution < -0.4 is 10.1 Å². The summed E-state index contributed by atoms with van der Waals surface area (Å²) in [6, 6.07) is 13.2. The molecule has 0 bridgehead atoms. The molecule has 148 valence electrons.